The Bertz CT molecular complexity index is 590. The summed E-state index contributed by atoms with van der Waals surface area (Å²) in [6, 6.07) is 7.22. The number of primary amides is 1. The van der Waals surface area contributed by atoms with Crippen LogP contribution >= 0.6 is 0 Å². The predicted octanol–water partition coefficient (Wildman–Crippen LogP) is 1.45. The van der Waals surface area contributed by atoms with E-state index in [0.717, 1.165) is 16.5 Å². The Labute approximate surface area is 86.3 Å². The summed E-state index contributed by atoms with van der Waals surface area (Å²) >= 11 is 0. The second-order valence-corrected chi connectivity index (χ2v) is 3.42. The van der Waals surface area contributed by atoms with E-state index < -0.39 is 5.91 Å². The Morgan fingerprint density at radius 1 is 1.47 bits per heavy atom. The summed E-state index contributed by atoms with van der Waals surface area (Å²) in [6.45, 7) is 1.88. The van der Waals surface area contributed by atoms with Crippen molar-refractivity contribution in [2.45, 2.75) is 6.92 Å². The molecule has 4 nitrogen and oxygen atoms in total. The second-order valence-electron chi connectivity index (χ2n) is 3.42. The zero-order valence-corrected chi connectivity index (χ0v) is 8.16. The summed E-state index contributed by atoms with van der Waals surface area (Å²) in [5.41, 5.74) is 7.88. The summed E-state index contributed by atoms with van der Waals surface area (Å²) in [6.07, 6.45) is 0. The van der Waals surface area contributed by atoms with Crippen molar-refractivity contribution in [3.63, 3.8) is 0 Å². The van der Waals surface area contributed by atoms with Crippen LogP contribution in [0.2, 0.25) is 0 Å². The Morgan fingerprint density at radius 3 is 2.80 bits per heavy atom. The SMILES string of the molecule is Cc1cc(C#N)cc2cc(C(N)=O)[nH]c12. The number of aryl methyl sites for hydroxylation is 1. The molecule has 74 valence electrons. The molecule has 0 saturated heterocycles. The monoisotopic (exact) mass is 199 g/mol. The number of nitriles is 1. The maximum absolute atomic E-state index is 11.0. The fourth-order valence-electron chi connectivity index (χ4n) is 1.62. The zero-order valence-electron chi connectivity index (χ0n) is 8.16. The molecule has 1 aromatic heterocycles. The molecule has 0 spiro atoms. The van der Waals surface area contributed by atoms with Crippen molar-refractivity contribution >= 4 is 16.8 Å². The number of hydrogen-bond acceptors (Lipinski definition) is 2. The lowest BCUT2D eigenvalue weighted by Crippen LogP contribution is -2.10. The minimum Gasteiger partial charge on any atom is -0.364 e. The lowest BCUT2D eigenvalue weighted by molar-refractivity contribution is 0.0996. The molecule has 0 radical (unpaired) electrons. The van der Waals surface area contributed by atoms with E-state index in [4.69, 9.17) is 11.0 Å². The van der Waals surface area contributed by atoms with Gasteiger partial charge in [0.25, 0.3) is 5.91 Å². The number of nitrogens with two attached hydrogens (primary N) is 1. The fourth-order valence-corrected chi connectivity index (χ4v) is 1.62. The molecule has 1 aromatic carbocycles. The molecule has 0 fully saturated rings. The Hall–Kier alpha value is -2.28. The molecule has 0 aliphatic rings. The van der Waals surface area contributed by atoms with Crippen LogP contribution in [0.15, 0.2) is 18.2 Å². The smallest absolute Gasteiger partial charge is 0.265 e. The number of fused-ring (bicyclic) bond motifs is 1. The Kier molecular flexibility index (Phi) is 1.94. The molecule has 2 aromatic rings. The number of nitrogens with one attached hydrogen (secondary N) is 1. The van der Waals surface area contributed by atoms with Crippen molar-refractivity contribution < 1.29 is 4.79 Å². The van der Waals surface area contributed by atoms with E-state index in [2.05, 4.69) is 11.1 Å². The first kappa shape index (κ1) is 9.28. The van der Waals surface area contributed by atoms with E-state index in [0.29, 0.717) is 11.3 Å². The van der Waals surface area contributed by atoms with Gasteiger partial charge in [0.1, 0.15) is 5.69 Å². The third-order valence-electron chi connectivity index (χ3n) is 2.32. The van der Waals surface area contributed by atoms with Crippen molar-refractivity contribution in [2.75, 3.05) is 0 Å². The van der Waals surface area contributed by atoms with E-state index in [1.54, 1.807) is 18.2 Å². The van der Waals surface area contributed by atoms with E-state index >= 15 is 0 Å². The molecule has 0 unspecified atom stereocenters. The van der Waals surface area contributed by atoms with Crippen LogP contribution in [0.3, 0.4) is 0 Å². The number of aromatic amines is 1. The van der Waals surface area contributed by atoms with Crippen LogP contribution in [0, 0.1) is 18.3 Å². The number of aromatic nitrogens is 1. The van der Waals surface area contributed by atoms with E-state index in [1.165, 1.54) is 0 Å². The van der Waals surface area contributed by atoms with Crippen molar-refractivity contribution in [2.24, 2.45) is 5.73 Å². The molecule has 3 N–H and O–H groups in total. The predicted molar refractivity (Wildman–Crippen MR) is 56.3 cm³/mol. The van der Waals surface area contributed by atoms with Gasteiger partial charge < -0.3 is 10.7 Å². The number of carbonyl (C=O) groups is 1. The molecular formula is C11H9N3O. The van der Waals surface area contributed by atoms with Gasteiger partial charge in [0.05, 0.1) is 11.6 Å². The summed E-state index contributed by atoms with van der Waals surface area (Å²) in [4.78, 5) is 13.9. The summed E-state index contributed by atoms with van der Waals surface area (Å²) in [5, 5.41) is 9.62. The number of amides is 1. The Morgan fingerprint density at radius 2 is 2.20 bits per heavy atom. The third-order valence-corrected chi connectivity index (χ3v) is 2.32. The lowest BCUT2D eigenvalue weighted by Gasteiger charge is -1.96. The number of rotatable bonds is 1. The molecular weight excluding hydrogens is 190 g/mol. The summed E-state index contributed by atoms with van der Waals surface area (Å²) in [7, 11) is 0. The summed E-state index contributed by atoms with van der Waals surface area (Å²) < 4.78 is 0. The molecule has 1 heterocycles. The van der Waals surface area contributed by atoms with Gasteiger partial charge in [-0.1, -0.05) is 0 Å². The van der Waals surface area contributed by atoms with Crippen LogP contribution in [0.5, 0.6) is 0 Å². The average molecular weight is 199 g/mol. The van der Waals surface area contributed by atoms with Crippen LogP contribution in [-0.2, 0) is 0 Å². The quantitative estimate of drug-likeness (QED) is 0.728. The number of benzene rings is 1. The highest BCUT2D eigenvalue weighted by atomic mass is 16.1. The van der Waals surface area contributed by atoms with Gasteiger partial charge in [-0.15, -0.1) is 0 Å². The van der Waals surface area contributed by atoms with Gasteiger partial charge in [0, 0.05) is 10.9 Å². The maximum Gasteiger partial charge on any atom is 0.265 e. The highest BCUT2D eigenvalue weighted by Gasteiger charge is 2.08. The van der Waals surface area contributed by atoms with Crippen LogP contribution in [-0.4, -0.2) is 10.9 Å². The maximum atomic E-state index is 11.0. The van der Waals surface area contributed by atoms with Crippen molar-refractivity contribution in [1.29, 1.82) is 5.26 Å². The van der Waals surface area contributed by atoms with Gasteiger partial charge in [0.15, 0.2) is 0 Å². The molecule has 0 aliphatic heterocycles. The molecule has 0 saturated carbocycles. The van der Waals surface area contributed by atoms with Gasteiger partial charge in [-0.05, 0) is 30.7 Å². The van der Waals surface area contributed by atoms with E-state index in [-0.39, 0.29) is 0 Å². The number of hydrogen-bond donors (Lipinski definition) is 2. The normalized spacial score (nSPS) is 10.1. The van der Waals surface area contributed by atoms with Gasteiger partial charge >= 0.3 is 0 Å². The lowest BCUT2D eigenvalue weighted by atomic mass is 10.1. The van der Waals surface area contributed by atoms with E-state index in [1.807, 2.05) is 6.92 Å². The highest BCUT2D eigenvalue weighted by molar-refractivity contribution is 5.98. The first-order chi connectivity index (χ1) is 7.11. The first-order valence-electron chi connectivity index (χ1n) is 4.45. The van der Waals surface area contributed by atoms with Gasteiger partial charge in [0.2, 0.25) is 0 Å². The topological polar surface area (TPSA) is 82.7 Å². The number of nitrogens with zero attached hydrogens (tertiary/aromatic N) is 1. The Balaban J connectivity index is 2.76. The molecule has 4 heteroatoms. The zero-order chi connectivity index (χ0) is 11.0. The highest BCUT2D eigenvalue weighted by Crippen LogP contribution is 2.20. The standard InChI is InChI=1S/C11H9N3O/c1-6-2-7(5-12)3-8-4-9(11(13)15)14-10(6)8/h2-4,14H,1H3,(H2,13,15). The largest absolute Gasteiger partial charge is 0.364 e. The number of carbonyl (C=O) groups excluding carboxylic acids is 1. The molecule has 1 amide bonds. The molecule has 0 bridgehead atoms. The minimum atomic E-state index is -0.496. The van der Waals surface area contributed by atoms with Crippen LogP contribution < -0.4 is 5.73 Å². The summed E-state index contributed by atoms with van der Waals surface area (Å²) in [5.74, 6) is -0.496. The van der Waals surface area contributed by atoms with Gasteiger partial charge in [-0.25, -0.2) is 0 Å². The van der Waals surface area contributed by atoms with Crippen molar-refractivity contribution in [1.82, 2.24) is 4.98 Å². The van der Waals surface area contributed by atoms with Crippen LogP contribution in [0.1, 0.15) is 21.6 Å². The van der Waals surface area contributed by atoms with Gasteiger partial charge in [-0.2, -0.15) is 5.26 Å². The van der Waals surface area contributed by atoms with Crippen LogP contribution in [0.25, 0.3) is 10.9 Å². The van der Waals surface area contributed by atoms with E-state index in [9.17, 15) is 4.79 Å². The fraction of sp³-hybridized carbons (Fsp3) is 0.0909. The number of H-pyrrole nitrogens is 1. The van der Waals surface area contributed by atoms with Crippen molar-refractivity contribution in [3.05, 3.63) is 35.0 Å². The second kappa shape index (κ2) is 3.14. The molecule has 15 heavy (non-hydrogen) atoms. The third kappa shape index (κ3) is 1.44. The minimum absolute atomic E-state index is 0.364. The molecule has 0 aliphatic carbocycles. The molecule has 2 rings (SSSR count). The molecule has 0 atom stereocenters. The first-order valence-corrected chi connectivity index (χ1v) is 4.45. The average Bonchev–Trinajstić information content (AvgIpc) is 2.61. The van der Waals surface area contributed by atoms with Gasteiger partial charge in [-0.3, -0.25) is 4.79 Å². The van der Waals surface area contributed by atoms with Crippen molar-refractivity contribution in [3.8, 4) is 6.07 Å². The van der Waals surface area contributed by atoms with Crippen LogP contribution in [0.4, 0.5) is 0 Å².